The normalized spacial score (nSPS) is 12.4. The second-order valence-electron chi connectivity index (χ2n) is 8.83. The van der Waals surface area contributed by atoms with Gasteiger partial charge in [0.25, 0.3) is 0 Å². The Morgan fingerprint density at radius 1 is 1.16 bits per heavy atom. The monoisotopic (exact) mass is 506 g/mol. The maximum atomic E-state index is 5.02. The third-order valence-electron chi connectivity index (χ3n) is 6.26. The predicted octanol–water partition coefficient (Wildman–Crippen LogP) is 8.00. The van der Waals surface area contributed by atoms with Gasteiger partial charge in [0.1, 0.15) is 11.2 Å². The third-order valence-corrected chi connectivity index (χ3v) is 7.13. The predicted molar refractivity (Wildman–Crippen MR) is 156 cm³/mol. The SMILES string of the molecule is C=C/C(=C\C(=C/C)c1ccc2[nH]nc(-c3cc4c(-c5cccs5)nccc4[nH]3)c2n1)NC(=C)CCCC. The molecule has 0 atom stereocenters. The van der Waals surface area contributed by atoms with E-state index < -0.39 is 0 Å². The van der Waals surface area contributed by atoms with Crippen LogP contribution in [0.15, 0.2) is 90.8 Å². The molecule has 5 heterocycles. The Hall–Kier alpha value is -4.23. The molecule has 0 unspecified atom stereocenters. The molecule has 5 aromatic rings. The minimum Gasteiger partial charge on any atom is -0.359 e. The molecule has 0 saturated carbocycles. The number of thiophene rings is 1. The Morgan fingerprint density at radius 2 is 2.05 bits per heavy atom. The lowest BCUT2D eigenvalue weighted by Gasteiger charge is -2.11. The van der Waals surface area contributed by atoms with Crippen molar-refractivity contribution in [2.45, 2.75) is 33.1 Å². The average Bonchev–Trinajstić information content (AvgIpc) is 3.68. The summed E-state index contributed by atoms with van der Waals surface area (Å²) in [6.07, 6.45) is 10.9. The summed E-state index contributed by atoms with van der Waals surface area (Å²) in [6.45, 7) is 12.3. The van der Waals surface area contributed by atoms with Crippen LogP contribution in [0.2, 0.25) is 0 Å². The highest BCUT2D eigenvalue weighted by molar-refractivity contribution is 7.13. The number of allylic oxidation sites excluding steroid dienone is 5. The van der Waals surface area contributed by atoms with Crippen LogP contribution in [0, 0.1) is 0 Å². The van der Waals surface area contributed by atoms with Gasteiger partial charge in [-0.15, -0.1) is 11.3 Å². The van der Waals surface area contributed by atoms with Crippen LogP contribution in [0.4, 0.5) is 0 Å². The second-order valence-corrected chi connectivity index (χ2v) is 9.77. The summed E-state index contributed by atoms with van der Waals surface area (Å²) in [5, 5.41) is 14.3. The molecule has 3 N–H and O–H groups in total. The Balaban J connectivity index is 1.51. The average molecular weight is 507 g/mol. The van der Waals surface area contributed by atoms with E-state index in [0.29, 0.717) is 0 Å². The molecule has 0 fully saturated rings. The van der Waals surface area contributed by atoms with Crippen LogP contribution in [-0.2, 0) is 0 Å². The molecule has 0 aliphatic heterocycles. The van der Waals surface area contributed by atoms with E-state index >= 15 is 0 Å². The minimum atomic E-state index is 0.777. The summed E-state index contributed by atoms with van der Waals surface area (Å²) in [7, 11) is 0. The van der Waals surface area contributed by atoms with Crippen LogP contribution in [0.25, 0.3) is 49.5 Å². The fourth-order valence-electron chi connectivity index (χ4n) is 4.31. The largest absolute Gasteiger partial charge is 0.359 e. The van der Waals surface area contributed by atoms with Gasteiger partial charge in [-0.05, 0) is 73.2 Å². The third kappa shape index (κ3) is 5.04. The minimum absolute atomic E-state index is 0.777. The number of fused-ring (bicyclic) bond motifs is 2. The van der Waals surface area contributed by atoms with Gasteiger partial charge in [-0.3, -0.25) is 10.1 Å². The first kappa shape index (κ1) is 24.5. The van der Waals surface area contributed by atoms with E-state index in [0.717, 1.165) is 85.8 Å². The van der Waals surface area contributed by atoms with Crippen LogP contribution >= 0.6 is 11.3 Å². The fourth-order valence-corrected chi connectivity index (χ4v) is 5.05. The lowest BCUT2D eigenvalue weighted by molar-refractivity contribution is 0.751. The molecule has 6 nitrogen and oxygen atoms in total. The Bertz CT molecular complexity index is 1630. The van der Waals surface area contributed by atoms with Crippen molar-refractivity contribution in [2.24, 2.45) is 0 Å². The number of nitrogens with one attached hydrogen (secondary N) is 3. The highest BCUT2D eigenvalue weighted by Gasteiger charge is 2.16. The number of pyridine rings is 2. The standard InChI is InChI=1S/C30H30N6S/c1-5-8-10-19(4)32-21(7-3)17-20(6-2)23-12-13-25-29(34-23)30(36-35-25)26-18-22-24(33-26)14-15-31-28(22)27-11-9-16-37-27/h6-7,9,11-18,32-33H,3-5,8,10H2,1-2H3,(H,35,36)/b20-6+,21-17+. The van der Waals surface area contributed by atoms with Gasteiger partial charge in [-0.25, -0.2) is 4.98 Å². The van der Waals surface area contributed by atoms with Gasteiger partial charge in [0.15, 0.2) is 0 Å². The van der Waals surface area contributed by atoms with E-state index in [2.05, 4.69) is 75.2 Å². The first-order chi connectivity index (χ1) is 18.1. The number of hydrogen-bond acceptors (Lipinski definition) is 5. The molecule has 0 aliphatic carbocycles. The lowest BCUT2D eigenvalue weighted by atomic mass is 10.1. The first-order valence-corrected chi connectivity index (χ1v) is 13.3. The van der Waals surface area contributed by atoms with Crippen molar-refractivity contribution >= 4 is 38.8 Å². The van der Waals surface area contributed by atoms with Crippen LogP contribution < -0.4 is 5.32 Å². The molecular formula is C30H30N6S. The molecule has 5 aromatic heterocycles. The van der Waals surface area contributed by atoms with Crippen molar-refractivity contribution in [1.82, 2.24) is 30.5 Å². The molecule has 0 radical (unpaired) electrons. The van der Waals surface area contributed by atoms with Crippen LogP contribution in [-0.4, -0.2) is 25.1 Å². The molecule has 7 heteroatoms. The van der Waals surface area contributed by atoms with Crippen molar-refractivity contribution in [2.75, 3.05) is 0 Å². The van der Waals surface area contributed by atoms with Crippen LogP contribution in [0.1, 0.15) is 38.8 Å². The Kier molecular flexibility index (Phi) is 7.14. The summed E-state index contributed by atoms with van der Waals surface area (Å²) in [5.74, 6) is 0. The number of nitrogens with zero attached hydrogens (tertiary/aromatic N) is 3. The zero-order valence-corrected chi connectivity index (χ0v) is 22.0. The Morgan fingerprint density at radius 3 is 2.81 bits per heavy atom. The topological polar surface area (TPSA) is 82.3 Å². The number of unbranched alkanes of at least 4 members (excludes halogenated alkanes) is 1. The van der Waals surface area contributed by atoms with Crippen LogP contribution in [0.5, 0.6) is 0 Å². The van der Waals surface area contributed by atoms with Gasteiger partial charge >= 0.3 is 0 Å². The fraction of sp³-hybridized carbons (Fsp3) is 0.167. The van der Waals surface area contributed by atoms with Crippen molar-refractivity contribution in [3.63, 3.8) is 0 Å². The van der Waals surface area contributed by atoms with Gasteiger partial charge in [-0.1, -0.05) is 38.6 Å². The van der Waals surface area contributed by atoms with Crippen molar-refractivity contribution in [3.8, 4) is 22.0 Å². The summed E-state index contributed by atoms with van der Waals surface area (Å²) in [5.41, 5.74) is 9.07. The number of aromatic nitrogens is 5. The molecule has 37 heavy (non-hydrogen) atoms. The molecule has 0 saturated heterocycles. The van der Waals surface area contributed by atoms with E-state index in [1.165, 1.54) is 0 Å². The van der Waals surface area contributed by atoms with E-state index in [1.54, 1.807) is 11.3 Å². The van der Waals surface area contributed by atoms with E-state index in [9.17, 15) is 0 Å². The van der Waals surface area contributed by atoms with Crippen molar-refractivity contribution < 1.29 is 0 Å². The maximum Gasteiger partial charge on any atom is 0.135 e. The quantitative estimate of drug-likeness (QED) is 0.168. The number of H-pyrrole nitrogens is 2. The molecule has 186 valence electrons. The summed E-state index contributed by atoms with van der Waals surface area (Å²) >= 11 is 1.68. The van der Waals surface area contributed by atoms with Crippen molar-refractivity contribution in [3.05, 3.63) is 96.4 Å². The first-order valence-electron chi connectivity index (χ1n) is 12.4. The molecular weight excluding hydrogens is 476 g/mol. The van der Waals surface area contributed by atoms with Gasteiger partial charge in [0.2, 0.25) is 0 Å². The zero-order valence-electron chi connectivity index (χ0n) is 21.1. The number of hydrogen-bond donors (Lipinski definition) is 3. The van der Waals surface area contributed by atoms with E-state index in [-0.39, 0.29) is 0 Å². The molecule has 0 spiro atoms. The number of aromatic amines is 2. The number of rotatable bonds is 10. The molecule has 0 bridgehead atoms. The maximum absolute atomic E-state index is 5.02. The summed E-state index contributed by atoms with van der Waals surface area (Å²) in [4.78, 5) is 14.3. The lowest BCUT2D eigenvalue weighted by Crippen LogP contribution is -2.10. The van der Waals surface area contributed by atoms with Gasteiger partial charge < -0.3 is 10.3 Å². The van der Waals surface area contributed by atoms with E-state index in [4.69, 9.17) is 4.98 Å². The smallest absolute Gasteiger partial charge is 0.135 e. The summed E-state index contributed by atoms with van der Waals surface area (Å²) in [6, 6.07) is 12.3. The van der Waals surface area contributed by atoms with E-state index in [1.807, 2.05) is 43.5 Å². The van der Waals surface area contributed by atoms with Crippen molar-refractivity contribution in [1.29, 1.82) is 0 Å². The highest BCUT2D eigenvalue weighted by atomic mass is 32.1. The highest BCUT2D eigenvalue weighted by Crippen LogP contribution is 2.34. The summed E-state index contributed by atoms with van der Waals surface area (Å²) < 4.78 is 0. The molecule has 0 amide bonds. The van der Waals surface area contributed by atoms with Gasteiger partial charge in [-0.2, -0.15) is 5.10 Å². The Labute approximate surface area is 220 Å². The molecule has 5 rings (SSSR count). The molecule has 0 aliphatic rings. The van der Waals surface area contributed by atoms with Gasteiger partial charge in [0, 0.05) is 28.5 Å². The molecule has 0 aromatic carbocycles. The second kappa shape index (κ2) is 10.8. The van der Waals surface area contributed by atoms with Crippen LogP contribution in [0.3, 0.4) is 0 Å². The van der Waals surface area contributed by atoms with Gasteiger partial charge in [0.05, 0.1) is 27.5 Å². The zero-order chi connectivity index (χ0) is 25.8.